The molecule has 0 aromatic heterocycles. The second kappa shape index (κ2) is 70.2. The van der Waals surface area contributed by atoms with Gasteiger partial charge >= 0.3 is 11.9 Å². The maximum atomic E-state index is 9.25. The summed E-state index contributed by atoms with van der Waals surface area (Å²) in [6.07, 6.45) is 1.67. The van der Waals surface area contributed by atoms with E-state index in [1.807, 2.05) is 0 Å². The maximum Gasteiger partial charge on any atom is 0.327 e. The summed E-state index contributed by atoms with van der Waals surface area (Å²) in [6, 6.07) is 0. The quantitative estimate of drug-likeness (QED) is 0.466. The Morgan fingerprint density at radius 2 is 0.800 bits per heavy atom. The number of aliphatic carboxylic acids is 2. The second-order valence-electron chi connectivity index (χ2n) is 1.53. The summed E-state index contributed by atoms with van der Waals surface area (Å²) < 4.78 is 0. The van der Waals surface area contributed by atoms with Gasteiger partial charge in [-0.05, 0) is 0 Å². The largest absolute Gasteiger partial charge is 0.478 e. The smallest absolute Gasteiger partial charge is 0.327 e. The van der Waals surface area contributed by atoms with Crippen LogP contribution in [0, 0.1) is 0 Å². The lowest BCUT2D eigenvalue weighted by Crippen LogP contribution is -1.85. The van der Waals surface area contributed by atoms with Crippen molar-refractivity contribution in [3.63, 3.8) is 0 Å². The fourth-order valence-electron chi connectivity index (χ4n) is 0. The molecule has 0 heterocycles. The molecule has 4 N–H and O–H groups in total. The first kappa shape index (κ1) is 36.0. The maximum absolute atomic E-state index is 9.25. The average Bonchev–Trinajstić information content (AvgIpc) is 2.53. The Morgan fingerprint density at radius 1 is 0.700 bits per heavy atom. The molecule has 0 spiro atoms. The summed E-state index contributed by atoms with van der Waals surface area (Å²) in [5.74, 6) is -1.96. The first-order chi connectivity index (χ1) is 9.45. The van der Waals surface area contributed by atoms with E-state index in [0.29, 0.717) is 0 Å². The molecule has 0 aromatic carbocycles. The molecule has 118 valence electrons. The average molecular weight is 290 g/mol. The predicted octanol–water partition coefficient (Wildman–Crippen LogP) is 1.89. The highest BCUT2D eigenvalue weighted by molar-refractivity contribution is 5.79. The monoisotopic (exact) mass is 290 g/mol. The lowest BCUT2D eigenvalue weighted by atomic mass is 10.7. The molecule has 6 nitrogen and oxygen atoms in total. The molecule has 0 unspecified atom stereocenters. The summed E-state index contributed by atoms with van der Waals surface area (Å²) in [5.41, 5.74) is 0. The Morgan fingerprint density at radius 3 is 0.800 bits per heavy atom. The van der Waals surface area contributed by atoms with Crippen LogP contribution in [0.2, 0.25) is 0 Å². The van der Waals surface area contributed by atoms with Gasteiger partial charge in [-0.25, -0.2) is 9.59 Å². The molecule has 0 aromatic rings. The zero-order chi connectivity index (χ0) is 18.0. The highest BCUT2D eigenvalue weighted by Crippen LogP contribution is 1.55. The van der Waals surface area contributed by atoms with Gasteiger partial charge < -0.3 is 20.4 Å². The van der Waals surface area contributed by atoms with Crippen LogP contribution in [0.1, 0.15) is 0 Å². The van der Waals surface area contributed by atoms with Crippen molar-refractivity contribution in [3.8, 4) is 0 Å². The van der Waals surface area contributed by atoms with E-state index in [1.165, 1.54) is 0 Å². The lowest BCUT2D eigenvalue weighted by Gasteiger charge is -1.70. The van der Waals surface area contributed by atoms with Crippen molar-refractivity contribution in [2.24, 2.45) is 0 Å². The second-order valence-corrected chi connectivity index (χ2v) is 1.53. The van der Waals surface area contributed by atoms with Gasteiger partial charge in [-0.2, -0.15) is 0 Å². The van der Waals surface area contributed by atoms with Crippen LogP contribution in [0.5, 0.6) is 0 Å². The van der Waals surface area contributed by atoms with E-state index in [9.17, 15) is 9.59 Å². The zero-order valence-electron chi connectivity index (χ0n) is 11.8. The van der Waals surface area contributed by atoms with Gasteiger partial charge in [0.15, 0.2) is 0 Å². The first-order valence-electron chi connectivity index (χ1n) is 4.88. The number of carboxylic acids is 2. The minimum atomic E-state index is -0.981. The molecule has 0 rings (SSSR count). The van der Waals surface area contributed by atoms with Crippen molar-refractivity contribution in [3.05, 3.63) is 64.8 Å². The molecule has 20 heavy (non-hydrogen) atoms. The van der Waals surface area contributed by atoms with E-state index < -0.39 is 11.9 Å². The first-order valence-corrected chi connectivity index (χ1v) is 4.88. The molecule has 0 atom stereocenters. The van der Waals surface area contributed by atoms with E-state index >= 15 is 0 Å². The molecular weight excluding hydrogens is 264 g/mol. The fraction of sp³-hybridized carbons (Fsp3) is 0.143. The zero-order valence-corrected chi connectivity index (χ0v) is 11.8. The summed E-state index contributed by atoms with van der Waals surface area (Å²) >= 11 is 0. The molecule has 0 fully saturated rings. The Bertz CT molecular complexity index is 189. The molecule has 0 amide bonds. The number of hydrogen-bond acceptors (Lipinski definition) is 4. The van der Waals surface area contributed by atoms with E-state index in [2.05, 4.69) is 52.6 Å². The highest BCUT2D eigenvalue weighted by Gasteiger charge is 1.73. The van der Waals surface area contributed by atoms with E-state index in [4.69, 9.17) is 20.4 Å². The summed E-state index contributed by atoms with van der Waals surface area (Å²) in [6.45, 7) is 23.7. The van der Waals surface area contributed by atoms with Crippen molar-refractivity contribution < 1.29 is 30.0 Å². The standard InChI is InChI=1S/2C3H4O2.C2H6O2.3C2H4/c2*1-2-3(4)5;3-1-2-4;3*1-2/h2*2H,1H2,(H,4,5);3-4H,1-2H2;3*1-2H2. The Hall–Kier alpha value is -2.44. The third kappa shape index (κ3) is 503. The van der Waals surface area contributed by atoms with E-state index in [0.717, 1.165) is 12.2 Å². The molecule has 6 heteroatoms. The lowest BCUT2D eigenvalue weighted by molar-refractivity contribution is -0.132. The third-order valence-corrected chi connectivity index (χ3v) is 0.449. The van der Waals surface area contributed by atoms with Crippen molar-refractivity contribution in [2.75, 3.05) is 13.2 Å². The van der Waals surface area contributed by atoms with E-state index in [-0.39, 0.29) is 13.2 Å². The molecule has 0 aliphatic carbocycles. The highest BCUT2D eigenvalue weighted by atomic mass is 16.4. The Balaban J connectivity index is -0.0000000311. The van der Waals surface area contributed by atoms with E-state index in [1.54, 1.807) is 0 Å². The summed E-state index contributed by atoms with van der Waals surface area (Å²) in [7, 11) is 0. The van der Waals surface area contributed by atoms with Gasteiger partial charge in [0.25, 0.3) is 0 Å². The SMILES string of the molecule is C=C.C=C.C=C.C=CC(=O)O.C=CC(=O)O.OCCO. The van der Waals surface area contributed by atoms with Gasteiger partial charge in [0.1, 0.15) is 0 Å². The van der Waals surface area contributed by atoms with Crippen LogP contribution in [-0.4, -0.2) is 45.6 Å². The van der Waals surface area contributed by atoms with Gasteiger partial charge in [0, 0.05) is 12.2 Å². The fourth-order valence-corrected chi connectivity index (χ4v) is 0. The van der Waals surface area contributed by atoms with Crippen LogP contribution in [0.15, 0.2) is 64.8 Å². The van der Waals surface area contributed by atoms with Crippen LogP contribution in [0.25, 0.3) is 0 Å². The van der Waals surface area contributed by atoms with Crippen LogP contribution in [-0.2, 0) is 9.59 Å². The molecule has 0 bridgehead atoms. The minimum absolute atomic E-state index is 0.125. The predicted molar refractivity (Wildman–Crippen MR) is 83.6 cm³/mol. The Kier molecular flexibility index (Phi) is 126. The van der Waals surface area contributed by atoms with Crippen LogP contribution in [0.4, 0.5) is 0 Å². The number of carboxylic acid groups (broad SMARTS) is 2. The van der Waals surface area contributed by atoms with Gasteiger partial charge in [-0.15, -0.1) is 39.5 Å². The van der Waals surface area contributed by atoms with Crippen molar-refractivity contribution >= 4 is 11.9 Å². The number of hydrogen-bond donors (Lipinski definition) is 4. The number of aliphatic hydroxyl groups excluding tert-OH is 2. The molecule has 0 saturated carbocycles. The molecule has 0 radical (unpaired) electrons. The summed E-state index contributed by atoms with van der Waals surface area (Å²) in [4.78, 5) is 18.5. The van der Waals surface area contributed by atoms with Crippen molar-refractivity contribution in [2.45, 2.75) is 0 Å². The summed E-state index contributed by atoms with van der Waals surface area (Å²) in [5, 5.41) is 30.5. The van der Waals surface area contributed by atoms with Crippen molar-refractivity contribution in [1.29, 1.82) is 0 Å². The van der Waals surface area contributed by atoms with Gasteiger partial charge in [0.05, 0.1) is 13.2 Å². The molecule has 0 saturated heterocycles. The molecule has 0 aliphatic heterocycles. The van der Waals surface area contributed by atoms with Gasteiger partial charge in [-0.3, -0.25) is 0 Å². The van der Waals surface area contributed by atoms with Gasteiger partial charge in [-0.1, -0.05) is 13.2 Å². The van der Waals surface area contributed by atoms with Crippen LogP contribution in [0.3, 0.4) is 0 Å². The molecular formula is C14H26O6. The van der Waals surface area contributed by atoms with Crippen molar-refractivity contribution in [1.82, 2.24) is 0 Å². The number of carbonyl (C=O) groups is 2. The normalized spacial score (nSPS) is 5.30. The topological polar surface area (TPSA) is 115 Å². The number of aliphatic hydroxyl groups is 2. The number of rotatable bonds is 3. The minimum Gasteiger partial charge on any atom is -0.478 e. The third-order valence-electron chi connectivity index (χ3n) is 0.449. The van der Waals surface area contributed by atoms with Crippen LogP contribution < -0.4 is 0 Å². The van der Waals surface area contributed by atoms with Gasteiger partial charge in [0.2, 0.25) is 0 Å². The Labute approximate surface area is 121 Å². The molecule has 0 aliphatic rings. The van der Waals surface area contributed by atoms with Crippen LogP contribution >= 0.6 is 0 Å².